The van der Waals surface area contributed by atoms with Crippen LogP contribution in [0.5, 0.6) is 0 Å². The van der Waals surface area contributed by atoms with Crippen molar-refractivity contribution < 1.29 is 5.11 Å². The van der Waals surface area contributed by atoms with Gasteiger partial charge in [0, 0.05) is 7.05 Å². The highest BCUT2D eigenvalue weighted by Crippen LogP contribution is 2.33. The molecule has 0 radical (unpaired) electrons. The molecule has 1 aliphatic rings. The maximum atomic E-state index is 10.4. The number of rotatable bonds is 2. The fourth-order valence-corrected chi connectivity index (χ4v) is 1.98. The van der Waals surface area contributed by atoms with Crippen LogP contribution in [0.2, 0.25) is 0 Å². The predicted molar refractivity (Wildman–Crippen MR) is 57.1 cm³/mol. The van der Waals surface area contributed by atoms with Crippen molar-refractivity contribution in [3.8, 4) is 0 Å². The molecule has 1 heterocycles. The smallest absolute Gasteiger partial charge is 0.128 e. The quantitative estimate of drug-likeness (QED) is 0.745. The van der Waals surface area contributed by atoms with E-state index in [0.29, 0.717) is 11.6 Å². The molecule has 0 bridgehead atoms. The molecule has 1 aromatic heterocycles. The standard InChI is InChI=1S/C11H17N3O/c1-3-9-4-6-11(15,7-5-9)10-8-12-14(2)13-10/h4,6,8-9,15H,3,5,7H2,1-2H3. The van der Waals surface area contributed by atoms with Gasteiger partial charge in [-0.2, -0.15) is 15.0 Å². The van der Waals surface area contributed by atoms with Gasteiger partial charge in [0.15, 0.2) is 0 Å². The normalized spacial score (nSPS) is 30.7. The number of allylic oxidation sites excluding steroid dienone is 1. The monoisotopic (exact) mass is 207 g/mol. The van der Waals surface area contributed by atoms with E-state index in [4.69, 9.17) is 0 Å². The van der Waals surface area contributed by atoms with E-state index in [2.05, 4.69) is 23.2 Å². The summed E-state index contributed by atoms with van der Waals surface area (Å²) in [6.45, 7) is 2.17. The number of aliphatic hydroxyl groups is 1. The molecule has 0 spiro atoms. The second-order valence-corrected chi connectivity index (χ2v) is 4.21. The van der Waals surface area contributed by atoms with Gasteiger partial charge in [0.05, 0.1) is 6.20 Å². The van der Waals surface area contributed by atoms with Gasteiger partial charge in [-0.25, -0.2) is 0 Å². The Morgan fingerprint density at radius 2 is 2.47 bits per heavy atom. The van der Waals surface area contributed by atoms with Gasteiger partial charge in [0.1, 0.15) is 11.3 Å². The summed E-state index contributed by atoms with van der Waals surface area (Å²) >= 11 is 0. The topological polar surface area (TPSA) is 50.9 Å². The van der Waals surface area contributed by atoms with Gasteiger partial charge in [0.25, 0.3) is 0 Å². The summed E-state index contributed by atoms with van der Waals surface area (Å²) in [5, 5.41) is 18.5. The van der Waals surface area contributed by atoms with Gasteiger partial charge in [0.2, 0.25) is 0 Å². The zero-order chi connectivity index (χ0) is 10.9. The van der Waals surface area contributed by atoms with Crippen LogP contribution >= 0.6 is 0 Å². The highest BCUT2D eigenvalue weighted by Gasteiger charge is 2.32. The molecule has 0 saturated carbocycles. The van der Waals surface area contributed by atoms with Crippen molar-refractivity contribution in [3.63, 3.8) is 0 Å². The lowest BCUT2D eigenvalue weighted by Crippen LogP contribution is -2.27. The van der Waals surface area contributed by atoms with E-state index in [1.807, 2.05) is 6.08 Å². The summed E-state index contributed by atoms with van der Waals surface area (Å²) < 4.78 is 0. The van der Waals surface area contributed by atoms with Crippen LogP contribution in [-0.2, 0) is 12.6 Å². The van der Waals surface area contributed by atoms with Crippen molar-refractivity contribution in [3.05, 3.63) is 24.0 Å². The van der Waals surface area contributed by atoms with E-state index in [1.165, 1.54) is 4.80 Å². The Morgan fingerprint density at radius 1 is 1.67 bits per heavy atom. The molecule has 1 N–H and O–H groups in total. The maximum absolute atomic E-state index is 10.4. The molecular formula is C11H17N3O. The van der Waals surface area contributed by atoms with Gasteiger partial charge < -0.3 is 5.11 Å². The molecule has 0 fully saturated rings. The third kappa shape index (κ3) is 1.95. The molecule has 0 aromatic carbocycles. The van der Waals surface area contributed by atoms with Crippen LogP contribution in [0, 0.1) is 5.92 Å². The minimum Gasteiger partial charge on any atom is -0.379 e. The summed E-state index contributed by atoms with van der Waals surface area (Å²) in [6.07, 6.45) is 8.48. The zero-order valence-electron chi connectivity index (χ0n) is 9.22. The van der Waals surface area contributed by atoms with Gasteiger partial charge >= 0.3 is 0 Å². The number of hydrogen-bond acceptors (Lipinski definition) is 3. The number of hydrogen-bond donors (Lipinski definition) is 1. The van der Waals surface area contributed by atoms with Crippen molar-refractivity contribution in [1.29, 1.82) is 0 Å². The van der Waals surface area contributed by atoms with Crippen LogP contribution < -0.4 is 0 Å². The van der Waals surface area contributed by atoms with Crippen molar-refractivity contribution in [2.75, 3.05) is 0 Å². The van der Waals surface area contributed by atoms with Gasteiger partial charge in [-0.1, -0.05) is 19.1 Å². The molecule has 15 heavy (non-hydrogen) atoms. The molecule has 2 unspecified atom stereocenters. The average molecular weight is 207 g/mol. The molecule has 1 aliphatic carbocycles. The van der Waals surface area contributed by atoms with E-state index < -0.39 is 5.60 Å². The maximum Gasteiger partial charge on any atom is 0.128 e. The van der Waals surface area contributed by atoms with Crippen LogP contribution in [0.1, 0.15) is 31.9 Å². The van der Waals surface area contributed by atoms with Crippen molar-refractivity contribution in [2.24, 2.45) is 13.0 Å². The molecule has 4 heteroatoms. The summed E-state index contributed by atoms with van der Waals surface area (Å²) in [5.41, 5.74) is -0.254. The van der Waals surface area contributed by atoms with E-state index in [-0.39, 0.29) is 0 Å². The van der Waals surface area contributed by atoms with E-state index in [1.54, 1.807) is 13.2 Å². The molecule has 2 rings (SSSR count). The van der Waals surface area contributed by atoms with E-state index in [0.717, 1.165) is 19.3 Å². The molecule has 0 amide bonds. The molecule has 0 aliphatic heterocycles. The van der Waals surface area contributed by atoms with Crippen molar-refractivity contribution >= 4 is 0 Å². The first-order chi connectivity index (χ1) is 7.14. The molecule has 82 valence electrons. The molecule has 2 atom stereocenters. The van der Waals surface area contributed by atoms with Crippen LogP contribution in [0.15, 0.2) is 18.3 Å². The first-order valence-corrected chi connectivity index (χ1v) is 5.42. The third-order valence-corrected chi connectivity index (χ3v) is 3.11. The minimum absolute atomic E-state index is 0.599. The fraction of sp³-hybridized carbons (Fsp3) is 0.636. The van der Waals surface area contributed by atoms with Crippen molar-refractivity contribution in [2.45, 2.75) is 31.8 Å². The lowest BCUT2D eigenvalue weighted by molar-refractivity contribution is 0.0611. The largest absolute Gasteiger partial charge is 0.379 e. The number of aromatic nitrogens is 3. The Labute approximate surface area is 89.6 Å². The van der Waals surface area contributed by atoms with Crippen molar-refractivity contribution in [1.82, 2.24) is 15.0 Å². The predicted octanol–water partition coefficient (Wildman–Crippen LogP) is 1.38. The Balaban J connectivity index is 2.22. The van der Waals surface area contributed by atoms with Gasteiger partial charge in [-0.05, 0) is 25.2 Å². The lowest BCUT2D eigenvalue weighted by atomic mass is 9.82. The van der Waals surface area contributed by atoms with Crippen LogP contribution in [0.4, 0.5) is 0 Å². The van der Waals surface area contributed by atoms with E-state index in [9.17, 15) is 5.11 Å². The molecule has 1 aromatic rings. The minimum atomic E-state index is -0.903. The Morgan fingerprint density at radius 3 is 2.93 bits per heavy atom. The Hall–Kier alpha value is -1.16. The number of aryl methyl sites for hydroxylation is 1. The zero-order valence-corrected chi connectivity index (χ0v) is 9.22. The SMILES string of the molecule is CCC1C=CC(O)(c2cnn(C)n2)CC1. The second kappa shape index (κ2) is 3.77. The Bertz CT molecular complexity index is 372. The number of nitrogens with zero attached hydrogens (tertiary/aromatic N) is 3. The summed E-state index contributed by atoms with van der Waals surface area (Å²) in [5.74, 6) is 0.599. The first-order valence-electron chi connectivity index (χ1n) is 5.42. The van der Waals surface area contributed by atoms with Crippen LogP contribution in [0.3, 0.4) is 0 Å². The van der Waals surface area contributed by atoms with Gasteiger partial charge in [-0.15, -0.1) is 0 Å². The van der Waals surface area contributed by atoms with E-state index >= 15 is 0 Å². The highest BCUT2D eigenvalue weighted by atomic mass is 16.3. The molecular weight excluding hydrogens is 190 g/mol. The average Bonchev–Trinajstić information content (AvgIpc) is 2.67. The molecule has 4 nitrogen and oxygen atoms in total. The second-order valence-electron chi connectivity index (χ2n) is 4.21. The Kier molecular flexibility index (Phi) is 2.61. The summed E-state index contributed by atoms with van der Waals surface area (Å²) in [4.78, 5) is 1.48. The third-order valence-electron chi connectivity index (χ3n) is 3.11. The lowest BCUT2D eigenvalue weighted by Gasteiger charge is -2.28. The van der Waals surface area contributed by atoms with Crippen LogP contribution in [-0.4, -0.2) is 20.1 Å². The van der Waals surface area contributed by atoms with Gasteiger partial charge in [-0.3, -0.25) is 0 Å². The molecule has 0 saturated heterocycles. The highest BCUT2D eigenvalue weighted by molar-refractivity contribution is 5.19. The fourth-order valence-electron chi connectivity index (χ4n) is 1.98. The summed E-state index contributed by atoms with van der Waals surface area (Å²) in [7, 11) is 1.76. The summed E-state index contributed by atoms with van der Waals surface area (Å²) in [6, 6.07) is 0. The van der Waals surface area contributed by atoms with Crippen LogP contribution in [0.25, 0.3) is 0 Å². The first kappa shape index (κ1) is 10.4.